The van der Waals surface area contributed by atoms with Gasteiger partial charge in [0.15, 0.2) is 0 Å². The van der Waals surface area contributed by atoms with Crippen LogP contribution in [-0.4, -0.2) is 19.8 Å². The van der Waals surface area contributed by atoms with Crippen LogP contribution in [0.25, 0.3) is 0 Å². The van der Waals surface area contributed by atoms with Crippen molar-refractivity contribution in [1.29, 1.82) is 0 Å². The summed E-state index contributed by atoms with van der Waals surface area (Å²) in [6.07, 6.45) is 0. The molecular weight excluding hydrogens is 277 g/mol. The van der Waals surface area contributed by atoms with Crippen LogP contribution in [0.2, 0.25) is 0 Å². The van der Waals surface area contributed by atoms with Gasteiger partial charge in [-0.15, -0.1) is 0 Å². The van der Waals surface area contributed by atoms with E-state index >= 15 is 0 Å². The molecule has 0 aliphatic carbocycles. The molecule has 1 aromatic rings. The minimum atomic E-state index is 0.766. The van der Waals surface area contributed by atoms with Gasteiger partial charge in [0.1, 0.15) is 0 Å². The van der Waals surface area contributed by atoms with Crippen molar-refractivity contribution >= 4 is 28.3 Å². The standard InChI is InChI=1S/C10H14INO/c1-2-13-7-6-12-10-5-3-4-9(11)8-10/h3-5,8,12H,2,6-7H2,1H3. The van der Waals surface area contributed by atoms with Crippen molar-refractivity contribution < 1.29 is 4.74 Å². The van der Waals surface area contributed by atoms with Crippen molar-refractivity contribution in [3.63, 3.8) is 0 Å². The van der Waals surface area contributed by atoms with Gasteiger partial charge in [-0.25, -0.2) is 0 Å². The molecular formula is C10H14INO. The average molecular weight is 291 g/mol. The zero-order valence-corrected chi connectivity index (χ0v) is 9.87. The van der Waals surface area contributed by atoms with Crippen LogP contribution in [0.3, 0.4) is 0 Å². The highest BCUT2D eigenvalue weighted by Crippen LogP contribution is 2.11. The molecule has 0 spiro atoms. The summed E-state index contributed by atoms with van der Waals surface area (Å²) in [6, 6.07) is 8.31. The molecule has 0 saturated carbocycles. The molecule has 0 heterocycles. The molecule has 1 aromatic carbocycles. The van der Waals surface area contributed by atoms with Crippen molar-refractivity contribution in [2.75, 3.05) is 25.1 Å². The van der Waals surface area contributed by atoms with Crippen molar-refractivity contribution in [1.82, 2.24) is 0 Å². The van der Waals surface area contributed by atoms with Crippen LogP contribution in [0.4, 0.5) is 5.69 Å². The lowest BCUT2D eigenvalue weighted by Crippen LogP contribution is -2.08. The molecule has 0 atom stereocenters. The minimum Gasteiger partial charge on any atom is -0.383 e. The van der Waals surface area contributed by atoms with E-state index in [1.165, 1.54) is 3.57 Å². The second-order valence-electron chi connectivity index (χ2n) is 2.63. The van der Waals surface area contributed by atoms with E-state index in [1.807, 2.05) is 13.0 Å². The van der Waals surface area contributed by atoms with Gasteiger partial charge in [0, 0.05) is 22.4 Å². The van der Waals surface area contributed by atoms with Gasteiger partial charge in [-0.2, -0.15) is 0 Å². The van der Waals surface area contributed by atoms with Crippen LogP contribution in [0.1, 0.15) is 6.92 Å². The molecule has 0 amide bonds. The predicted octanol–water partition coefficient (Wildman–Crippen LogP) is 2.74. The number of anilines is 1. The maximum absolute atomic E-state index is 5.22. The molecule has 1 N–H and O–H groups in total. The Labute approximate surface area is 92.8 Å². The van der Waals surface area contributed by atoms with Crippen LogP contribution in [0.15, 0.2) is 24.3 Å². The van der Waals surface area contributed by atoms with E-state index in [0.717, 1.165) is 25.4 Å². The second-order valence-corrected chi connectivity index (χ2v) is 3.88. The normalized spacial score (nSPS) is 10.0. The quantitative estimate of drug-likeness (QED) is 0.665. The third kappa shape index (κ3) is 4.47. The van der Waals surface area contributed by atoms with Crippen molar-refractivity contribution in [3.8, 4) is 0 Å². The van der Waals surface area contributed by atoms with Gasteiger partial charge in [0.25, 0.3) is 0 Å². The van der Waals surface area contributed by atoms with Gasteiger partial charge < -0.3 is 10.1 Å². The zero-order chi connectivity index (χ0) is 9.52. The second kappa shape index (κ2) is 6.21. The van der Waals surface area contributed by atoms with E-state index in [9.17, 15) is 0 Å². The number of ether oxygens (including phenoxy) is 1. The maximum Gasteiger partial charge on any atom is 0.0638 e. The van der Waals surface area contributed by atoms with Gasteiger partial charge in [0.2, 0.25) is 0 Å². The fourth-order valence-electron chi connectivity index (χ4n) is 1.01. The van der Waals surface area contributed by atoms with Crippen LogP contribution >= 0.6 is 22.6 Å². The highest BCUT2D eigenvalue weighted by atomic mass is 127. The number of nitrogens with one attached hydrogen (secondary N) is 1. The fraction of sp³-hybridized carbons (Fsp3) is 0.400. The average Bonchev–Trinajstić information content (AvgIpc) is 2.13. The van der Waals surface area contributed by atoms with E-state index in [4.69, 9.17) is 4.74 Å². The Morgan fingerprint density at radius 1 is 1.46 bits per heavy atom. The molecule has 0 aliphatic rings. The Hall–Kier alpha value is -0.290. The van der Waals surface area contributed by atoms with E-state index in [2.05, 4.69) is 46.1 Å². The van der Waals surface area contributed by atoms with Gasteiger partial charge in [-0.05, 0) is 47.7 Å². The Morgan fingerprint density at radius 2 is 2.31 bits per heavy atom. The third-order valence-corrected chi connectivity index (χ3v) is 2.28. The maximum atomic E-state index is 5.22. The van der Waals surface area contributed by atoms with E-state index in [-0.39, 0.29) is 0 Å². The Balaban J connectivity index is 2.28. The molecule has 2 nitrogen and oxygen atoms in total. The van der Waals surface area contributed by atoms with Crippen molar-refractivity contribution in [2.45, 2.75) is 6.92 Å². The number of hydrogen-bond acceptors (Lipinski definition) is 2. The Kier molecular flexibility index (Phi) is 5.15. The van der Waals surface area contributed by atoms with E-state index in [1.54, 1.807) is 0 Å². The largest absolute Gasteiger partial charge is 0.383 e. The number of rotatable bonds is 5. The van der Waals surface area contributed by atoms with Gasteiger partial charge in [0.05, 0.1) is 6.61 Å². The highest BCUT2D eigenvalue weighted by molar-refractivity contribution is 14.1. The summed E-state index contributed by atoms with van der Waals surface area (Å²) in [5.74, 6) is 0. The van der Waals surface area contributed by atoms with Gasteiger partial charge >= 0.3 is 0 Å². The molecule has 72 valence electrons. The topological polar surface area (TPSA) is 21.3 Å². The summed E-state index contributed by atoms with van der Waals surface area (Å²) >= 11 is 2.30. The molecule has 0 fully saturated rings. The molecule has 0 saturated heterocycles. The zero-order valence-electron chi connectivity index (χ0n) is 7.72. The summed E-state index contributed by atoms with van der Waals surface area (Å²) in [7, 11) is 0. The molecule has 0 radical (unpaired) electrons. The fourth-order valence-corrected chi connectivity index (χ4v) is 1.55. The lowest BCUT2D eigenvalue weighted by Gasteiger charge is -2.06. The molecule has 0 aromatic heterocycles. The van der Waals surface area contributed by atoms with Crippen molar-refractivity contribution in [3.05, 3.63) is 27.8 Å². The number of hydrogen-bond donors (Lipinski definition) is 1. The van der Waals surface area contributed by atoms with Crippen LogP contribution in [0, 0.1) is 3.57 Å². The molecule has 3 heteroatoms. The van der Waals surface area contributed by atoms with Gasteiger partial charge in [-0.1, -0.05) is 6.07 Å². The summed E-state index contributed by atoms with van der Waals surface area (Å²) in [5, 5.41) is 3.29. The smallest absolute Gasteiger partial charge is 0.0638 e. The number of halogens is 1. The minimum absolute atomic E-state index is 0.766. The first kappa shape index (κ1) is 10.8. The predicted molar refractivity (Wildman–Crippen MR) is 64.1 cm³/mol. The first-order chi connectivity index (χ1) is 6.33. The summed E-state index contributed by atoms with van der Waals surface area (Å²) < 4.78 is 6.47. The number of benzene rings is 1. The Morgan fingerprint density at radius 3 is 3.00 bits per heavy atom. The summed E-state index contributed by atoms with van der Waals surface area (Å²) in [5.41, 5.74) is 1.16. The molecule has 0 unspecified atom stereocenters. The first-order valence-corrected chi connectivity index (χ1v) is 5.48. The van der Waals surface area contributed by atoms with Crippen LogP contribution < -0.4 is 5.32 Å². The molecule has 1 rings (SSSR count). The molecule has 0 bridgehead atoms. The summed E-state index contributed by atoms with van der Waals surface area (Å²) in [6.45, 7) is 4.43. The first-order valence-electron chi connectivity index (χ1n) is 4.40. The van der Waals surface area contributed by atoms with E-state index in [0.29, 0.717) is 0 Å². The SMILES string of the molecule is CCOCCNc1cccc(I)c1. The Bertz CT molecular complexity index is 252. The van der Waals surface area contributed by atoms with Gasteiger partial charge in [-0.3, -0.25) is 0 Å². The third-order valence-electron chi connectivity index (χ3n) is 1.60. The van der Waals surface area contributed by atoms with Crippen LogP contribution in [-0.2, 0) is 4.74 Å². The monoisotopic (exact) mass is 291 g/mol. The lowest BCUT2D eigenvalue weighted by atomic mass is 10.3. The summed E-state index contributed by atoms with van der Waals surface area (Å²) in [4.78, 5) is 0. The molecule has 13 heavy (non-hydrogen) atoms. The highest BCUT2D eigenvalue weighted by Gasteiger charge is 1.91. The lowest BCUT2D eigenvalue weighted by molar-refractivity contribution is 0.158. The molecule has 0 aliphatic heterocycles. The van der Waals surface area contributed by atoms with E-state index < -0.39 is 0 Å². The van der Waals surface area contributed by atoms with Crippen molar-refractivity contribution in [2.24, 2.45) is 0 Å². The van der Waals surface area contributed by atoms with Crippen LogP contribution in [0.5, 0.6) is 0 Å².